The third kappa shape index (κ3) is 2.88. The summed E-state index contributed by atoms with van der Waals surface area (Å²) in [5.74, 6) is 0.540. The Labute approximate surface area is 138 Å². The number of tetrazole rings is 1. The van der Waals surface area contributed by atoms with Gasteiger partial charge in [0.15, 0.2) is 5.82 Å². The van der Waals surface area contributed by atoms with Gasteiger partial charge in [0.25, 0.3) is 0 Å². The summed E-state index contributed by atoms with van der Waals surface area (Å²) < 4.78 is 2.35. The number of hydrogen-bond acceptors (Lipinski definition) is 4. The zero-order valence-corrected chi connectivity index (χ0v) is 13.6. The Morgan fingerprint density at radius 3 is 2.62 bits per heavy atom. The zero-order valence-electron chi connectivity index (χ0n) is 10.5. The van der Waals surface area contributed by atoms with Crippen molar-refractivity contribution in [3.05, 3.63) is 50.9 Å². The van der Waals surface area contributed by atoms with Gasteiger partial charge in [0.1, 0.15) is 0 Å². The predicted octanol–water partition coefficient (Wildman–Crippen LogP) is 3.98. The van der Waals surface area contributed by atoms with E-state index in [2.05, 4.69) is 31.5 Å². The largest absolute Gasteiger partial charge is 0.399 e. The van der Waals surface area contributed by atoms with Gasteiger partial charge in [0, 0.05) is 20.7 Å². The molecule has 5 nitrogen and oxygen atoms in total. The lowest BCUT2D eigenvalue weighted by atomic mass is 10.2. The molecule has 0 saturated heterocycles. The second kappa shape index (κ2) is 5.63. The van der Waals surface area contributed by atoms with E-state index in [0.717, 1.165) is 15.7 Å². The van der Waals surface area contributed by atoms with Crippen LogP contribution in [0.15, 0.2) is 40.9 Å². The van der Waals surface area contributed by atoms with E-state index >= 15 is 0 Å². The van der Waals surface area contributed by atoms with Gasteiger partial charge in [0.05, 0.1) is 10.7 Å². The molecule has 21 heavy (non-hydrogen) atoms. The maximum Gasteiger partial charge on any atom is 0.187 e. The highest BCUT2D eigenvalue weighted by Crippen LogP contribution is 2.28. The Morgan fingerprint density at radius 1 is 1.10 bits per heavy atom. The van der Waals surface area contributed by atoms with Crippen molar-refractivity contribution in [3.8, 4) is 17.1 Å². The summed E-state index contributed by atoms with van der Waals surface area (Å²) in [6, 6.07) is 10.6. The van der Waals surface area contributed by atoms with E-state index in [1.54, 1.807) is 28.9 Å². The predicted molar refractivity (Wildman–Crippen MR) is 86.7 cm³/mol. The van der Waals surface area contributed by atoms with E-state index in [4.69, 9.17) is 28.9 Å². The van der Waals surface area contributed by atoms with Crippen LogP contribution in [0.3, 0.4) is 0 Å². The normalized spacial score (nSPS) is 10.8. The van der Waals surface area contributed by atoms with Gasteiger partial charge in [-0.2, -0.15) is 4.68 Å². The van der Waals surface area contributed by atoms with Crippen LogP contribution in [0, 0.1) is 0 Å². The van der Waals surface area contributed by atoms with Crippen molar-refractivity contribution in [2.45, 2.75) is 0 Å². The second-order valence-electron chi connectivity index (χ2n) is 4.29. The van der Waals surface area contributed by atoms with Crippen molar-refractivity contribution in [3.63, 3.8) is 0 Å². The van der Waals surface area contributed by atoms with Crippen molar-refractivity contribution in [2.75, 3.05) is 5.73 Å². The number of nitrogen functional groups attached to an aromatic ring is 1. The lowest BCUT2D eigenvalue weighted by Gasteiger charge is -2.07. The van der Waals surface area contributed by atoms with Crippen LogP contribution in [0.2, 0.25) is 10.0 Å². The minimum Gasteiger partial charge on any atom is -0.399 e. The Balaban J connectivity index is 2.14. The molecule has 0 bridgehead atoms. The molecule has 0 fully saturated rings. The van der Waals surface area contributed by atoms with Crippen LogP contribution in [0.5, 0.6) is 0 Å². The molecule has 106 valence electrons. The lowest BCUT2D eigenvalue weighted by molar-refractivity contribution is 0.791. The fourth-order valence-corrected chi connectivity index (χ4v) is 2.63. The molecule has 0 aliphatic rings. The molecule has 0 amide bonds. The molecule has 1 heterocycles. The first kappa shape index (κ1) is 14.3. The third-order valence-electron chi connectivity index (χ3n) is 2.80. The van der Waals surface area contributed by atoms with Gasteiger partial charge < -0.3 is 5.73 Å². The minimum absolute atomic E-state index is 0.525. The molecule has 0 aliphatic carbocycles. The molecular weight excluding hydrogens is 377 g/mol. The van der Waals surface area contributed by atoms with Gasteiger partial charge in [-0.15, -0.1) is 5.10 Å². The smallest absolute Gasteiger partial charge is 0.187 e. The van der Waals surface area contributed by atoms with Crippen molar-refractivity contribution < 1.29 is 0 Å². The molecule has 0 aliphatic heterocycles. The number of aromatic nitrogens is 4. The zero-order chi connectivity index (χ0) is 15.0. The Hall–Kier alpha value is -1.63. The van der Waals surface area contributed by atoms with E-state index in [-0.39, 0.29) is 0 Å². The van der Waals surface area contributed by atoms with Gasteiger partial charge in [-0.25, -0.2) is 0 Å². The summed E-state index contributed by atoms with van der Waals surface area (Å²) in [5, 5.41) is 12.9. The molecule has 0 radical (unpaired) electrons. The highest BCUT2D eigenvalue weighted by Gasteiger charge is 2.13. The number of nitrogens with zero attached hydrogens (tertiary/aromatic N) is 4. The summed E-state index contributed by atoms with van der Waals surface area (Å²) in [6.07, 6.45) is 0. The van der Waals surface area contributed by atoms with Crippen LogP contribution in [0.1, 0.15) is 0 Å². The van der Waals surface area contributed by atoms with Gasteiger partial charge in [-0.1, -0.05) is 23.2 Å². The molecule has 3 aromatic rings. The van der Waals surface area contributed by atoms with Crippen LogP contribution in [-0.2, 0) is 0 Å². The highest BCUT2D eigenvalue weighted by molar-refractivity contribution is 9.10. The van der Waals surface area contributed by atoms with Crippen molar-refractivity contribution >= 4 is 44.8 Å². The molecule has 8 heteroatoms. The average Bonchev–Trinajstić information content (AvgIpc) is 2.90. The number of hydrogen-bond donors (Lipinski definition) is 1. The van der Waals surface area contributed by atoms with Crippen molar-refractivity contribution in [2.24, 2.45) is 0 Å². The van der Waals surface area contributed by atoms with Crippen LogP contribution in [-0.4, -0.2) is 20.2 Å². The van der Waals surface area contributed by atoms with Gasteiger partial charge in [-0.05, 0) is 62.8 Å². The van der Waals surface area contributed by atoms with Gasteiger partial charge >= 0.3 is 0 Å². The van der Waals surface area contributed by atoms with Crippen molar-refractivity contribution in [1.82, 2.24) is 20.2 Å². The number of nitrogens with two attached hydrogens (primary N) is 1. The SMILES string of the molecule is Nc1cc(Cl)cc(-c2nnnn2-c2ccc(Cl)c(Br)c2)c1. The first-order valence-corrected chi connectivity index (χ1v) is 7.40. The fourth-order valence-electron chi connectivity index (χ4n) is 1.90. The summed E-state index contributed by atoms with van der Waals surface area (Å²) in [4.78, 5) is 0. The maximum absolute atomic E-state index is 6.03. The number of benzene rings is 2. The van der Waals surface area contributed by atoms with Crippen LogP contribution < -0.4 is 5.73 Å². The molecule has 0 unspecified atom stereocenters. The Bertz CT molecular complexity index is 798. The standard InChI is InChI=1S/C13H8BrCl2N5/c14-11-6-10(1-2-12(11)16)21-13(18-19-20-21)7-3-8(15)5-9(17)4-7/h1-6H,17H2. The van der Waals surface area contributed by atoms with E-state index in [9.17, 15) is 0 Å². The number of rotatable bonds is 2. The second-order valence-corrected chi connectivity index (χ2v) is 5.98. The summed E-state index contributed by atoms with van der Waals surface area (Å²) in [6.45, 7) is 0. The number of anilines is 1. The lowest BCUT2D eigenvalue weighted by Crippen LogP contribution is -2.00. The van der Waals surface area contributed by atoms with Crippen molar-refractivity contribution in [1.29, 1.82) is 0 Å². The van der Waals surface area contributed by atoms with Crippen LogP contribution in [0.25, 0.3) is 17.1 Å². The Morgan fingerprint density at radius 2 is 1.90 bits per heavy atom. The summed E-state index contributed by atoms with van der Waals surface area (Å²) in [7, 11) is 0. The monoisotopic (exact) mass is 383 g/mol. The summed E-state index contributed by atoms with van der Waals surface area (Å²) in [5.41, 5.74) is 7.86. The Kier molecular flexibility index (Phi) is 3.84. The van der Waals surface area contributed by atoms with Crippen LogP contribution >= 0.6 is 39.1 Å². The fraction of sp³-hybridized carbons (Fsp3) is 0. The maximum atomic E-state index is 6.03. The van der Waals surface area contributed by atoms with Gasteiger partial charge in [-0.3, -0.25) is 0 Å². The van der Waals surface area contributed by atoms with Gasteiger partial charge in [0.2, 0.25) is 0 Å². The van der Waals surface area contributed by atoms with E-state index in [0.29, 0.717) is 21.6 Å². The molecule has 3 rings (SSSR count). The quantitative estimate of drug-likeness (QED) is 0.678. The molecule has 0 spiro atoms. The third-order valence-corrected chi connectivity index (χ3v) is 4.23. The summed E-state index contributed by atoms with van der Waals surface area (Å²) >= 11 is 15.4. The number of halogens is 3. The first-order chi connectivity index (χ1) is 10.0. The molecule has 2 N–H and O–H groups in total. The molecule has 0 atom stereocenters. The van der Waals surface area contributed by atoms with E-state index in [1.807, 2.05) is 12.1 Å². The molecular formula is C13H8BrCl2N5. The molecule has 0 saturated carbocycles. The average molecular weight is 385 g/mol. The highest BCUT2D eigenvalue weighted by atomic mass is 79.9. The molecule has 2 aromatic carbocycles. The topological polar surface area (TPSA) is 69.6 Å². The minimum atomic E-state index is 0.525. The first-order valence-electron chi connectivity index (χ1n) is 5.85. The van der Waals surface area contributed by atoms with Crippen LogP contribution in [0.4, 0.5) is 5.69 Å². The molecule has 1 aromatic heterocycles. The van der Waals surface area contributed by atoms with E-state index in [1.165, 1.54) is 0 Å². The van der Waals surface area contributed by atoms with E-state index < -0.39 is 0 Å².